The number of nitrogens with zero attached hydrogens (tertiary/aromatic N) is 1. The molecule has 90 valence electrons. The van der Waals surface area contributed by atoms with Crippen LogP contribution in [0.5, 0.6) is 0 Å². The van der Waals surface area contributed by atoms with Crippen LogP contribution in [-0.4, -0.2) is 18.1 Å². The highest BCUT2D eigenvalue weighted by Gasteiger charge is 2.16. The number of piperidine rings is 1. The molecule has 4 heteroatoms. The highest BCUT2D eigenvalue weighted by atomic mass is 19.1. The summed E-state index contributed by atoms with van der Waals surface area (Å²) in [5.74, 6) is 1.03. The average molecular weight is 234 g/mol. The van der Waals surface area contributed by atoms with E-state index in [-0.39, 0.29) is 5.82 Å². The summed E-state index contributed by atoms with van der Waals surface area (Å²) in [4.78, 5) is 4.39. The number of aromatic nitrogens is 1. The quantitative estimate of drug-likeness (QED) is 0.867. The van der Waals surface area contributed by atoms with E-state index < -0.39 is 0 Å². The van der Waals surface area contributed by atoms with Gasteiger partial charge in [0.15, 0.2) is 11.5 Å². The lowest BCUT2D eigenvalue weighted by atomic mass is 9.96. The summed E-state index contributed by atoms with van der Waals surface area (Å²) in [6.45, 7) is 2.13. The third kappa shape index (κ3) is 2.31. The Kier molecular flexibility index (Phi) is 2.81. The van der Waals surface area contributed by atoms with Gasteiger partial charge in [0.2, 0.25) is 0 Å². The summed E-state index contributed by atoms with van der Waals surface area (Å²) in [6, 6.07) is 4.47. The van der Waals surface area contributed by atoms with Crippen LogP contribution in [0.2, 0.25) is 0 Å². The minimum Gasteiger partial charge on any atom is -0.441 e. The van der Waals surface area contributed by atoms with E-state index in [1.54, 1.807) is 6.07 Å². The molecule has 2 heterocycles. The predicted molar refractivity (Wildman–Crippen MR) is 63.3 cm³/mol. The van der Waals surface area contributed by atoms with E-state index in [9.17, 15) is 4.39 Å². The molecule has 0 aliphatic carbocycles. The molecule has 0 amide bonds. The van der Waals surface area contributed by atoms with Crippen LogP contribution in [0.4, 0.5) is 4.39 Å². The molecule has 1 aliphatic heterocycles. The van der Waals surface area contributed by atoms with Crippen molar-refractivity contribution in [3.05, 3.63) is 29.9 Å². The minimum atomic E-state index is -0.278. The van der Waals surface area contributed by atoms with Crippen LogP contribution in [0.25, 0.3) is 11.1 Å². The van der Waals surface area contributed by atoms with Gasteiger partial charge >= 0.3 is 0 Å². The summed E-state index contributed by atoms with van der Waals surface area (Å²) in [5.41, 5.74) is 1.29. The SMILES string of the molecule is Fc1ccc2nc(CC3CCCNC3)oc2c1. The van der Waals surface area contributed by atoms with E-state index in [1.165, 1.54) is 25.0 Å². The molecular weight excluding hydrogens is 219 g/mol. The van der Waals surface area contributed by atoms with Crippen molar-refractivity contribution >= 4 is 11.1 Å². The van der Waals surface area contributed by atoms with Crippen molar-refractivity contribution in [3.63, 3.8) is 0 Å². The third-order valence-electron chi connectivity index (χ3n) is 3.26. The van der Waals surface area contributed by atoms with Crippen molar-refractivity contribution in [3.8, 4) is 0 Å². The van der Waals surface area contributed by atoms with Gasteiger partial charge in [0.05, 0.1) is 0 Å². The first-order valence-electron chi connectivity index (χ1n) is 6.07. The second-order valence-corrected chi connectivity index (χ2v) is 4.64. The van der Waals surface area contributed by atoms with Gasteiger partial charge in [-0.25, -0.2) is 9.37 Å². The number of oxazole rings is 1. The highest BCUT2D eigenvalue weighted by Crippen LogP contribution is 2.21. The summed E-state index contributed by atoms with van der Waals surface area (Å²) in [7, 11) is 0. The molecule has 17 heavy (non-hydrogen) atoms. The van der Waals surface area contributed by atoms with Crippen LogP contribution in [0.15, 0.2) is 22.6 Å². The Morgan fingerprint density at radius 3 is 3.24 bits per heavy atom. The molecule has 0 spiro atoms. The third-order valence-corrected chi connectivity index (χ3v) is 3.26. The standard InChI is InChI=1S/C13H15FN2O/c14-10-3-4-11-12(7-10)17-13(16-11)6-9-2-1-5-15-8-9/h3-4,7,9,15H,1-2,5-6,8H2. The zero-order valence-corrected chi connectivity index (χ0v) is 9.58. The second-order valence-electron chi connectivity index (χ2n) is 4.64. The Morgan fingerprint density at radius 1 is 1.47 bits per heavy atom. The normalized spacial score (nSPS) is 20.9. The number of hydrogen-bond donors (Lipinski definition) is 1. The van der Waals surface area contributed by atoms with E-state index in [0.717, 1.165) is 30.9 Å². The van der Waals surface area contributed by atoms with Crippen molar-refractivity contribution in [2.75, 3.05) is 13.1 Å². The fourth-order valence-corrected chi connectivity index (χ4v) is 2.38. The molecule has 1 aromatic heterocycles. The molecule has 1 fully saturated rings. The fourth-order valence-electron chi connectivity index (χ4n) is 2.38. The van der Waals surface area contributed by atoms with E-state index in [0.29, 0.717) is 11.5 Å². The zero-order valence-electron chi connectivity index (χ0n) is 9.58. The van der Waals surface area contributed by atoms with E-state index in [4.69, 9.17) is 4.42 Å². The molecule has 1 aromatic carbocycles. The molecule has 3 nitrogen and oxygen atoms in total. The molecule has 1 N–H and O–H groups in total. The van der Waals surface area contributed by atoms with Gasteiger partial charge < -0.3 is 9.73 Å². The number of fused-ring (bicyclic) bond motifs is 1. The maximum Gasteiger partial charge on any atom is 0.195 e. The molecule has 1 saturated heterocycles. The Bertz CT molecular complexity index is 517. The summed E-state index contributed by atoms with van der Waals surface area (Å²) in [5, 5.41) is 3.37. The van der Waals surface area contributed by atoms with Crippen LogP contribution in [0, 0.1) is 11.7 Å². The number of benzene rings is 1. The van der Waals surface area contributed by atoms with Crippen molar-refractivity contribution in [1.29, 1.82) is 0 Å². The first-order valence-corrected chi connectivity index (χ1v) is 6.07. The Balaban J connectivity index is 1.80. The Labute approximate surface area is 99.0 Å². The van der Waals surface area contributed by atoms with Crippen LogP contribution in [-0.2, 0) is 6.42 Å². The zero-order chi connectivity index (χ0) is 11.7. The summed E-state index contributed by atoms with van der Waals surface area (Å²) >= 11 is 0. The monoisotopic (exact) mass is 234 g/mol. The van der Waals surface area contributed by atoms with Gasteiger partial charge in [-0.1, -0.05) is 0 Å². The van der Waals surface area contributed by atoms with E-state index >= 15 is 0 Å². The smallest absolute Gasteiger partial charge is 0.195 e. The summed E-state index contributed by atoms with van der Waals surface area (Å²) in [6.07, 6.45) is 3.25. The van der Waals surface area contributed by atoms with Crippen molar-refractivity contribution < 1.29 is 8.81 Å². The Hall–Kier alpha value is -1.42. The number of nitrogens with one attached hydrogen (secondary N) is 1. The highest BCUT2D eigenvalue weighted by molar-refractivity contribution is 5.72. The van der Waals surface area contributed by atoms with E-state index in [2.05, 4.69) is 10.3 Å². The van der Waals surface area contributed by atoms with Gasteiger partial charge in [-0.05, 0) is 44.0 Å². The number of rotatable bonds is 2. The fraction of sp³-hybridized carbons (Fsp3) is 0.462. The molecule has 1 atom stereocenters. The number of halogens is 1. The first-order chi connectivity index (χ1) is 8.31. The van der Waals surface area contributed by atoms with Gasteiger partial charge in [-0.2, -0.15) is 0 Å². The molecule has 1 unspecified atom stereocenters. The minimum absolute atomic E-state index is 0.278. The predicted octanol–water partition coefficient (Wildman–Crippen LogP) is 2.51. The van der Waals surface area contributed by atoms with Crippen LogP contribution < -0.4 is 5.32 Å². The molecular formula is C13H15FN2O. The van der Waals surface area contributed by atoms with Crippen molar-refractivity contribution in [1.82, 2.24) is 10.3 Å². The van der Waals surface area contributed by atoms with Gasteiger partial charge in [0.1, 0.15) is 11.3 Å². The van der Waals surface area contributed by atoms with Gasteiger partial charge in [0.25, 0.3) is 0 Å². The lowest BCUT2D eigenvalue weighted by Crippen LogP contribution is -2.30. The maximum atomic E-state index is 13.0. The van der Waals surface area contributed by atoms with Crippen LogP contribution in [0.1, 0.15) is 18.7 Å². The summed E-state index contributed by atoms with van der Waals surface area (Å²) < 4.78 is 18.6. The maximum absolute atomic E-state index is 13.0. The molecule has 0 bridgehead atoms. The van der Waals surface area contributed by atoms with E-state index in [1.807, 2.05) is 0 Å². The number of hydrogen-bond acceptors (Lipinski definition) is 3. The second kappa shape index (κ2) is 4.45. The lowest BCUT2D eigenvalue weighted by Gasteiger charge is -2.21. The van der Waals surface area contributed by atoms with Gasteiger partial charge in [-0.3, -0.25) is 0 Å². The van der Waals surface area contributed by atoms with Gasteiger partial charge in [-0.15, -0.1) is 0 Å². The van der Waals surface area contributed by atoms with Crippen LogP contribution >= 0.6 is 0 Å². The molecule has 1 aliphatic rings. The molecule has 2 aromatic rings. The van der Waals surface area contributed by atoms with Crippen LogP contribution in [0.3, 0.4) is 0 Å². The molecule has 0 radical (unpaired) electrons. The topological polar surface area (TPSA) is 38.1 Å². The lowest BCUT2D eigenvalue weighted by molar-refractivity contribution is 0.349. The van der Waals surface area contributed by atoms with Gasteiger partial charge in [0, 0.05) is 12.5 Å². The molecule has 3 rings (SSSR count). The average Bonchev–Trinajstić information content (AvgIpc) is 2.71. The van der Waals surface area contributed by atoms with Crippen molar-refractivity contribution in [2.24, 2.45) is 5.92 Å². The largest absolute Gasteiger partial charge is 0.441 e. The van der Waals surface area contributed by atoms with Crippen molar-refractivity contribution in [2.45, 2.75) is 19.3 Å². The first kappa shape index (κ1) is 10.7. The molecule has 0 saturated carbocycles. The Morgan fingerprint density at radius 2 is 2.41 bits per heavy atom.